The summed E-state index contributed by atoms with van der Waals surface area (Å²) >= 11 is 0. The highest BCUT2D eigenvalue weighted by atomic mass is 19.1. The van der Waals surface area contributed by atoms with Gasteiger partial charge in [-0.3, -0.25) is 9.48 Å². The highest BCUT2D eigenvalue weighted by Crippen LogP contribution is 2.27. The molecule has 5 nitrogen and oxygen atoms in total. The van der Waals surface area contributed by atoms with Gasteiger partial charge in [-0.15, -0.1) is 0 Å². The molecular weight excluding hydrogens is 343 g/mol. The number of rotatable bonds is 5. The minimum absolute atomic E-state index is 0.0747. The molecule has 0 radical (unpaired) electrons. The predicted octanol–water partition coefficient (Wildman–Crippen LogP) is 2.93. The Balaban J connectivity index is 1.51. The number of carbonyl (C=O) groups is 1. The van der Waals surface area contributed by atoms with E-state index in [1.54, 1.807) is 6.07 Å². The molecule has 2 aromatic rings. The molecule has 1 aliphatic heterocycles. The van der Waals surface area contributed by atoms with Crippen molar-refractivity contribution in [1.82, 2.24) is 20.0 Å². The number of hydrogen-bond acceptors (Lipinski definition) is 3. The van der Waals surface area contributed by atoms with E-state index in [-0.39, 0.29) is 17.8 Å². The third kappa shape index (κ3) is 3.63. The van der Waals surface area contributed by atoms with E-state index < -0.39 is 0 Å². The van der Waals surface area contributed by atoms with Crippen LogP contribution >= 0.6 is 0 Å². The van der Waals surface area contributed by atoms with E-state index in [0.29, 0.717) is 17.8 Å². The van der Waals surface area contributed by atoms with E-state index in [1.807, 2.05) is 21.7 Å². The maximum atomic E-state index is 13.9. The minimum atomic E-state index is -0.176. The molecule has 6 heteroatoms. The van der Waals surface area contributed by atoms with Crippen LogP contribution in [0.1, 0.15) is 53.5 Å². The fraction of sp³-hybridized carbons (Fsp3) is 0.524. The molecule has 1 saturated heterocycles. The van der Waals surface area contributed by atoms with Gasteiger partial charge >= 0.3 is 0 Å². The van der Waals surface area contributed by atoms with Crippen molar-refractivity contribution in [1.29, 1.82) is 0 Å². The molecule has 1 N–H and O–H groups in total. The number of carbonyl (C=O) groups excluding carboxylic acids is 1. The number of nitrogens with one attached hydrogen (secondary N) is 1. The zero-order valence-electron chi connectivity index (χ0n) is 15.9. The molecule has 0 saturated carbocycles. The third-order valence-corrected chi connectivity index (χ3v) is 5.78. The van der Waals surface area contributed by atoms with Crippen molar-refractivity contribution in [2.24, 2.45) is 0 Å². The molecule has 1 fully saturated rings. The van der Waals surface area contributed by atoms with Crippen LogP contribution in [0.4, 0.5) is 4.39 Å². The topological polar surface area (TPSA) is 50.2 Å². The van der Waals surface area contributed by atoms with Crippen LogP contribution in [0.25, 0.3) is 0 Å². The number of nitrogens with zero attached hydrogens (tertiary/aromatic N) is 3. The molecule has 27 heavy (non-hydrogen) atoms. The number of aromatic nitrogens is 2. The van der Waals surface area contributed by atoms with Crippen molar-refractivity contribution in [3.8, 4) is 0 Å². The lowest BCUT2D eigenvalue weighted by Gasteiger charge is -2.25. The first-order valence-corrected chi connectivity index (χ1v) is 10.0. The molecule has 2 heterocycles. The molecule has 0 spiro atoms. The van der Waals surface area contributed by atoms with Gasteiger partial charge in [-0.05, 0) is 45.1 Å². The van der Waals surface area contributed by atoms with Crippen molar-refractivity contribution >= 4 is 5.91 Å². The SMILES string of the molecule is CCn1nc(C(=O)N2CCCC2)c2c1CCC(NCc1ccccc1F)C2. The monoisotopic (exact) mass is 370 g/mol. The molecule has 0 bridgehead atoms. The summed E-state index contributed by atoms with van der Waals surface area (Å²) in [5, 5.41) is 8.14. The summed E-state index contributed by atoms with van der Waals surface area (Å²) in [7, 11) is 0. The van der Waals surface area contributed by atoms with Gasteiger partial charge < -0.3 is 10.2 Å². The lowest BCUT2D eigenvalue weighted by atomic mass is 9.91. The second-order valence-electron chi connectivity index (χ2n) is 7.50. The van der Waals surface area contributed by atoms with Crippen molar-refractivity contribution in [2.75, 3.05) is 13.1 Å². The van der Waals surface area contributed by atoms with Crippen molar-refractivity contribution < 1.29 is 9.18 Å². The second-order valence-corrected chi connectivity index (χ2v) is 7.50. The average molecular weight is 370 g/mol. The lowest BCUT2D eigenvalue weighted by molar-refractivity contribution is 0.0785. The van der Waals surface area contributed by atoms with E-state index in [1.165, 1.54) is 11.8 Å². The lowest BCUT2D eigenvalue weighted by Crippen LogP contribution is -2.36. The quantitative estimate of drug-likeness (QED) is 0.880. The molecule has 1 aliphatic carbocycles. The first kappa shape index (κ1) is 18.2. The van der Waals surface area contributed by atoms with Crippen LogP contribution in [0.2, 0.25) is 0 Å². The van der Waals surface area contributed by atoms with Gasteiger partial charge in [-0.25, -0.2) is 4.39 Å². The van der Waals surface area contributed by atoms with E-state index in [0.717, 1.165) is 57.3 Å². The van der Waals surface area contributed by atoms with E-state index >= 15 is 0 Å². The number of halogens is 1. The van der Waals surface area contributed by atoms with Crippen LogP contribution < -0.4 is 5.32 Å². The predicted molar refractivity (Wildman–Crippen MR) is 102 cm³/mol. The van der Waals surface area contributed by atoms with Gasteiger partial charge in [0.15, 0.2) is 5.69 Å². The normalized spacial score (nSPS) is 19.3. The summed E-state index contributed by atoms with van der Waals surface area (Å²) in [5.41, 5.74) is 3.60. The molecule has 1 atom stereocenters. The molecule has 144 valence electrons. The van der Waals surface area contributed by atoms with Crippen LogP contribution in [0.5, 0.6) is 0 Å². The van der Waals surface area contributed by atoms with Crippen LogP contribution in [-0.4, -0.2) is 39.7 Å². The maximum Gasteiger partial charge on any atom is 0.274 e. The highest BCUT2D eigenvalue weighted by Gasteiger charge is 2.31. The fourth-order valence-electron chi connectivity index (χ4n) is 4.26. The number of likely N-dealkylation sites (tertiary alicyclic amines) is 1. The first-order valence-electron chi connectivity index (χ1n) is 10.0. The Morgan fingerprint density at radius 1 is 1.30 bits per heavy atom. The van der Waals surface area contributed by atoms with E-state index in [2.05, 4.69) is 17.3 Å². The van der Waals surface area contributed by atoms with Crippen LogP contribution in [0, 0.1) is 5.82 Å². The molecule has 1 aromatic carbocycles. The van der Waals surface area contributed by atoms with Gasteiger partial charge in [0.1, 0.15) is 5.82 Å². The fourth-order valence-corrected chi connectivity index (χ4v) is 4.26. The second kappa shape index (κ2) is 7.80. The maximum absolute atomic E-state index is 13.9. The first-order chi connectivity index (χ1) is 13.2. The number of hydrogen-bond donors (Lipinski definition) is 1. The molecule has 1 unspecified atom stereocenters. The van der Waals surface area contributed by atoms with Crippen LogP contribution in [0.15, 0.2) is 24.3 Å². The minimum Gasteiger partial charge on any atom is -0.337 e. The van der Waals surface area contributed by atoms with Gasteiger partial charge in [0.2, 0.25) is 0 Å². The van der Waals surface area contributed by atoms with Gasteiger partial charge in [0, 0.05) is 49.0 Å². The largest absolute Gasteiger partial charge is 0.337 e. The molecule has 4 rings (SSSR count). The summed E-state index contributed by atoms with van der Waals surface area (Å²) in [6.45, 7) is 5.02. The summed E-state index contributed by atoms with van der Waals surface area (Å²) in [4.78, 5) is 14.9. The van der Waals surface area contributed by atoms with E-state index in [9.17, 15) is 9.18 Å². The van der Waals surface area contributed by atoms with Crippen molar-refractivity contribution in [3.63, 3.8) is 0 Å². The highest BCUT2D eigenvalue weighted by molar-refractivity contribution is 5.94. The Kier molecular flexibility index (Phi) is 5.25. The van der Waals surface area contributed by atoms with Gasteiger partial charge in [0.25, 0.3) is 5.91 Å². The summed E-state index contributed by atoms with van der Waals surface area (Å²) in [6, 6.07) is 7.11. The zero-order valence-corrected chi connectivity index (χ0v) is 15.9. The smallest absolute Gasteiger partial charge is 0.274 e. The third-order valence-electron chi connectivity index (χ3n) is 5.78. The standard InChI is InChI=1S/C21H27FN4O/c1-2-26-19-10-9-16(23-14-15-7-3-4-8-18(15)22)13-17(19)20(24-26)21(27)25-11-5-6-12-25/h3-4,7-8,16,23H,2,5-6,9-14H2,1H3. The number of benzene rings is 1. The molecule has 1 aromatic heterocycles. The summed E-state index contributed by atoms with van der Waals surface area (Å²) in [5.74, 6) is -0.101. The Morgan fingerprint density at radius 2 is 2.07 bits per heavy atom. The summed E-state index contributed by atoms with van der Waals surface area (Å²) < 4.78 is 15.9. The average Bonchev–Trinajstić information content (AvgIpc) is 3.34. The van der Waals surface area contributed by atoms with E-state index in [4.69, 9.17) is 0 Å². The molecule has 1 amide bonds. The Labute approximate surface area is 159 Å². The number of fused-ring (bicyclic) bond motifs is 1. The summed E-state index contributed by atoms with van der Waals surface area (Å²) in [6.07, 6.45) is 4.81. The van der Waals surface area contributed by atoms with Crippen molar-refractivity contribution in [3.05, 3.63) is 52.6 Å². The van der Waals surface area contributed by atoms with Gasteiger partial charge in [0.05, 0.1) is 0 Å². The number of amides is 1. The molecular formula is C21H27FN4O. The zero-order chi connectivity index (χ0) is 18.8. The Bertz CT molecular complexity index is 826. The van der Waals surface area contributed by atoms with Gasteiger partial charge in [-0.2, -0.15) is 5.10 Å². The van der Waals surface area contributed by atoms with Crippen LogP contribution in [0.3, 0.4) is 0 Å². The Morgan fingerprint density at radius 3 is 2.81 bits per heavy atom. The molecule has 2 aliphatic rings. The Hall–Kier alpha value is -2.21. The van der Waals surface area contributed by atoms with Crippen molar-refractivity contribution in [2.45, 2.75) is 58.2 Å². The van der Waals surface area contributed by atoms with Crippen LogP contribution in [-0.2, 0) is 25.9 Å². The van der Waals surface area contributed by atoms with Gasteiger partial charge in [-0.1, -0.05) is 18.2 Å². The number of aryl methyl sites for hydroxylation is 1.